The minimum absolute atomic E-state index is 0.201. The summed E-state index contributed by atoms with van der Waals surface area (Å²) < 4.78 is 0. The van der Waals surface area contributed by atoms with Crippen molar-refractivity contribution >= 4 is 40.6 Å². The molecule has 27 heavy (non-hydrogen) atoms. The second-order valence-electron chi connectivity index (χ2n) is 6.65. The molecule has 5 nitrogen and oxygen atoms in total. The number of amides is 2. The number of nitrogens with one attached hydrogen (secondary N) is 2. The maximum atomic E-state index is 11.9. The molecule has 3 rings (SSSR count). The van der Waals surface area contributed by atoms with Crippen molar-refractivity contribution < 1.29 is 4.79 Å². The Bertz CT molecular complexity index is 774. The molecule has 1 aliphatic rings. The van der Waals surface area contributed by atoms with E-state index in [-0.39, 0.29) is 6.03 Å². The summed E-state index contributed by atoms with van der Waals surface area (Å²) in [6.45, 7) is 7.43. The van der Waals surface area contributed by atoms with E-state index in [4.69, 9.17) is 23.2 Å². The van der Waals surface area contributed by atoms with Gasteiger partial charge in [-0.1, -0.05) is 23.2 Å². The van der Waals surface area contributed by atoms with Crippen molar-refractivity contribution in [3.63, 3.8) is 0 Å². The number of rotatable bonds is 5. The number of hydrogen-bond acceptors (Lipinski definition) is 3. The van der Waals surface area contributed by atoms with Crippen LogP contribution in [0.15, 0.2) is 42.5 Å². The topological polar surface area (TPSA) is 47.6 Å². The average molecular weight is 407 g/mol. The van der Waals surface area contributed by atoms with E-state index in [9.17, 15) is 4.79 Å². The number of anilines is 2. The van der Waals surface area contributed by atoms with Crippen LogP contribution in [-0.4, -0.2) is 50.2 Å². The second-order valence-corrected chi connectivity index (χ2v) is 7.52. The van der Waals surface area contributed by atoms with Crippen molar-refractivity contribution in [3.05, 3.63) is 58.1 Å². The van der Waals surface area contributed by atoms with Crippen LogP contribution in [0.4, 0.5) is 16.2 Å². The normalized spacial score (nSPS) is 14.9. The fourth-order valence-corrected chi connectivity index (χ4v) is 3.57. The van der Waals surface area contributed by atoms with Crippen LogP contribution >= 0.6 is 23.2 Å². The number of halogens is 2. The molecule has 0 unspecified atom stereocenters. The number of hydrogen-bond donors (Lipinski definition) is 2. The number of carbonyl (C=O) groups excluding carboxylic acids is 1. The van der Waals surface area contributed by atoms with Gasteiger partial charge in [-0.3, -0.25) is 4.90 Å². The average Bonchev–Trinajstić information content (AvgIpc) is 2.64. The van der Waals surface area contributed by atoms with Gasteiger partial charge in [0.1, 0.15) is 0 Å². The highest BCUT2D eigenvalue weighted by Gasteiger charge is 2.18. The van der Waals surface area contributed by atoms with E-state index in [1.165, 1.54) is 11.3 Å². The van der Waals surface area contributed by atoms with Crippen LogP contribution in [-0.2, 0) is 0 Å². The number of piperazine rings is 1. The maximum Gasteiger partial charge on any atom is 0.319 e. The zero-order valence-corrected chi connectivity index (χ0v) is 16.9. The van der Waals surface area contributed by atoms with Crippen LogP contribution in [0, 0.1) is 6.92 Å². The summed E-state index contributed by atoms with van der Waals surface area (Å²) in [6, 6.07) is 12.9. The second kappa shape index (κ2) is 9.31. The molecule has 0 aromatic heterocycles. The number of aryl methyl sites for hydroxylation is 1. The molecule has 0 saturated carbocycles. The minimum atomic E-state index is -0.201. The number of urea groups is 1. The fraction of sp³-hybridized carbons (Fsp3) is 0.350. The summed E-state index contributed by atoms with van der Waals surface area (Å²) in [5.41, 5.74) is 3.18. The molecule has 0 atom stereocenters. The zero-order chi connectivity index (χ0) is 19.2. The predicted molar refractivity (Wildman–Crippen MR) is 113 cm³/mol. The number of nitrogens with zero attached hydrogens (tertiary/aromatic N) is 2. The van der Waals surface area contributed by atoms with E-state index in [0.717, 1.165) is 43.4 Å². The van der Waals surface area contributed by atoms with Gasteiger partial charge >= 0.3 is 6.03 Å². The molecule has 1 aliphatic heterocycles. The summed E-state index contributed by atoms with van der Waals surface area (Å²) in [6.07, 6.45) is 0. The molecule has 1 saturated heterocycles. The van der Waals surface area contributed by atoms with E-state index < -0.39 is 0 Å². The van der Waals surface area contributed by atoms with E-state index >= 15 is 0 Å². The van der Waals surface area contributed by atoms with Gasteiger partial charge in [0.2, 0.25) is 0 Å². The molecule has 7 heteroatoms. The molecular weight excluding hydrogens is 383 g/mol. The Balaban J connectivity index is 1.38. The number of carbonyl (C=O) groups is 1. The molecule has 2 amide bonds. The molecule has 0 radical (unpaired) electrons. The lowest BCUT2D eigenvalue weighted by Crippen LogP contribution is -2.48. The van der Waals surface area contributed by atoms with Crippen LogP contribution in [0.2, 0.25) is 10.0 Å². The molecule has 2 N–H and O–H groups in total. The van der Waals surface area contributed by atoms with E-state index in [0.29, 0.717) is 11.6 Å². The smallest absolute Gasteiger partial charge is 0.319 e. The predicted octanol–water partition coefficient (Wildman–Crippen LogP) is 4.25. The Morgan fingerprint density at radius 3 is 2.33 bits per heavy atom. The molecule has 2 aromatic rings. The highest BCUT2D eigenvalue weighted by molar-refractivity contribution is 6.31. The maximum absolute atomic E-state index is 11.9. The number of benzene rings is 2. The van der Waals surface area contributed by atoms with Crippen LogP contribution < -0.4 is 15.5 Å². The lowest BCUT2D eigenvalue weighted by atomic mass is 10.1. The van der Waals surface area contributed by atoms with Gasteiger partial charge in [-0.25, -0.2) is 4.79 Å². The third-order valence-electron chi connectivity index (χ3n) is 4.69. The summed E-state index contributed by atoms with van der Waals surface area (Å²) in [5.74, 6) is 0. The van der Waals surface area contributed by atoms with Crippen molar-refractivity contribution in [1.82, 2.24) is 10.2 Å². The van der Waals surface area contributed by atoms with Crippen molar-refractivity contribution in [2.45, 2.75) is 6.92 Å². The van der Waals surface area contributed by atoms with E-state index in [2.05, 4.69) is 33.4 Å². The minimum Gasteiger partial charge on any atom is -0.369 e. The zero-order valence-electron chi connectivity index (χ0n) is 15.3. The SMILES string of the molecule is Cc1cc(Cl)ccc1N1CCN(CCNC(=O)Nc2ccc(Cl)cc2)CC1. The third-order valence-corrected chi connectivity index (χ3v) is 5.17. The first kappa shape index (κ1) is 19.8. The Hall–Kier alpha value is -1.95. The molecule has 1 fully saturated rings. The van der Waals surface area contributed by atoms with E-state index in [1.807, 2.05) is 12.1 Å². The van der Waals surface area contributed by atoms with Crippen molar-refractivity contribution in [2.24, 2.45) is 0 Å². The van der Waals surface area contributed by atoms with Gasteiger partial charge in [0, 0.05) is 60.7 Å². The van der Waals surface area contributed by atoms with Crippen molar-refractivity contribution in [3.8, 4) is 0 Å². The highest BCUT2D eigenvalue weighted by Crippen LogP contribution is 2.24. The third kappa shape index (κ3) is 5.76. The van der Waals surface area contributed by atoms with Crippen LogP contribution in [0.1, 0.15) is 5.56 Å². The quantitative estimate of drug-likeness (QED) is 0.779. The Kier molecular flexibility index (Phi) is 6.83. The summed E-state index contributed by atoms with van der Waals surface area (Å²) in [7, 11) is 0. The summed E-state index contributed by atoms with van der Waals surface area (Å²) in [4.78, 5) is 16.7. The van der Waals surface area contributed by atoms with Crippen molar-refractivity contribution in [1.29, 1.82) is 0 Å². The first-order valence-corrected chi connectivity index (χ1v) is 9.81. The molecule has 0 aliphatic carbocycles. The molecular formula is C20H24Cl2N4O. The molecule has 1 heterocycles. The van der Waals surface area contributed by atoms with Gasteiger partial charge < -0.3 is 15.5 Å². The van der Waals surface area contributed by atoms with Gasteiger partial charge in [-0.15, -0.1) is 0 Å². The monoisotopic (exact) mass is 406 g/mol. The highest BCUT2D eigenvalue weighted by atomic mass is 35.5. The molecule has 0 bridgehead atoms. The van der Waals surface area contributed by atoms with E-state index in [1.54, 1.807) is 24.3 Å². The first-order chi connectivity index (χ1) is 13.0. The summed E-state index contributed by atoms with van der Waals surface area (Å²) in [5, 5.41) is 7.12. The van der Waals surface area contributed by atoms with Gasteiger partial charge in [0.05, 0.1) is 0 Å². The lowest BCUT2D eigenvalue weighted by Gasteiger charge is -2.36. The van der Waals surface area contributed by atoms with Crippen molar-refractivity contribution in [2.75, 3.05) is 49.5 Å². The Morgan fingerprint density at radius 1 is 1.00 bits per heavy atom. The Labute approximate surface area is 170 Å². The standard InChI is InChI=1S/C20H24Cl2N4O/c1-15-14-17(22)4-7-19(15)26-12-10-25(11-13-26)9-8-23-20(27)24-18-5-2-16(21)3-6-18/h2-7,14H,8-13H2,1H3,(H2,23,24,27). The van der Waals surface area contributed by atoms with Gasteiger partial charge in [0.15, 0.2) is 0 Å². The van der Waals surface area contributed by atoms with Crippen LogP contribution in [0.25, 0.3) is 0 Å². The molecule has 144 valence electrons. The Morgan fingerprint density at radius 2 is 1.67 bits per heavy atom. The van der Waals surface area contributed by atoms with Crippen LogP contribution in [0.3, 0.4) is 0 Å². The molecule has 0 spiro atoms. The summed E-state index contributed by atoms with van der Waals surface area (Å²) >= 11 is 11.9. The largest absolute Gasteiger partial charge is 0.369 e. The molecule has 2 aromatic carbocycles. The van der Waals surface area contributed by atoms with Gasteiger partial charge in [-0.05, 0) is 55.0 Å². The first-order valence-electron chi connectivity index (χ1n) is 9.05. The fourth-order valence-electron chi connectivity index (χ4n) is 3.22. The van der Waals surface area contributed by atoms with Crippen LogP contribution in [0.5, 0.6) is 0 Å². The lowest BCUT2D eigenvalue weighted by molar-refractivity contribution is 0.240. The van der Waals surface area contributed by atoms with Gasteiger partial charge in [0.25, 0.3) is 0 Å². The van der Waals surface area contributed by atoms with Gasteiger partial charge in [-0.2, -0.15) is 0 Å².